The lowest BCUT2D eigenvalue weighted by atomic mass is 10.0. The first kappa shape index (κ1) is 12.2. The third kappa shape index (κ3) is 2.36. The van der Waals surface area contributed by atoms with Gasteiger partial charge in [0.2, 0.25) is 0 Å². The van der Waals surface area contributed by atoms with E-state index in [1.807, 2.05) is 0 Å². The predicted octanol–water partition coefficient (Wildman–Crippen LogP) is 3.05. The highest BCUT2D eigenvalue weighted by Gasteiger charge is 2.19. The van der Waals surface area contributed by atoms with Gasteiger partial charge in [-0.05, 0) is 18.2 Å². The Morgan fingerprint density at radius 3 is 2.41 bits per heavy atom. The van der Waals surface area contributed by atoms with Crippen LogP contribution in [0.4, 0.5) is 5.69 Å². The van der Waals surface area contributed by atoms with Crippen LogP contribution in [0.2, 0.25) is 10.0 Å². The third-order valence-electron chi connectivity index (χ3n) is 2.45. The summed E-state index contributed by atoms with van der Waals surface area (Å²) in [6, 6.07) is 6.66. The number of nitrogen functional groups attached to an aromatic ring is 1. The molecule has 0 radical (unpaired) electrons. The minimum atomic E-state index is -0.982. The Morgan fingerprint density at radius 1 is 1.18 bits per heavy atom. The van der Waals surface area contributed by atoms with Gasteiger partial charge in [-0.25, -0.2) is 0 Å². The molecule has 0 saturated carbocycles. The molecule has 88 valence electrons. The monoisotopic (exact) mass is 268 g/mol. The van der Waals surface area contributed by atoms with Gasteiger partial charge >= 0.3 is 0 Å². The SMILES string of the molecule is Nc1ccncc1C(O)c1c(Cl)cccc1Cl. The number of aromatic nitrogens is 1. The van der Waals surface area contributed by atoms with Crippen molar-refractivity contribution >= 4 is 28.9 Å². The van der Waals surface area contributed by atoms with E-state index in [0.717, 1.165) is 0 Å². The lowest BCUT2D eigenvalue weighted by Gasteiger charge is -2.15. The number of benzene rings is 1. The van der Waals surface area contributed by atoms with Crippen LogP contribution in [0, 0.1) is 0 Å². The van der Waals surface area contributed by atoms with Crippen LogP contribution in [0.15, 0.2) is 36.7 Å². The van der Waals surface area contributed by atoms with Crippen LogP contribution in [0.25, 0.3) is 0 Å². The second-order valence-electron chi connectivity index (χ2n) is 3.54. The van der Waals surface area contributed by atoms with E-state index in [0.29, 0.717) is 26.9 Å². The first-order valence-electron chi connectivity index (χ1n) is 4.92. The third-order valence-corrected chi connectivity index (χ3v) is 3.11. The second-order valence-corrected chi connectivity index (χ2v) is 4.36. The van der Waals surface area contributed by atoms with E-state index in [2.05, 4.69) is 4.98 Å². The molecule has 2 aromatic rings. The van der Waals surface area contributed by atoms with Crippen molar-refractivity contribution < 1.29 is 5.11 Å². The summed E-state index contributed by atoms with van der Waals surface area (Å²) >= 11 is 12.0. The van der Waals surface area contributed by atoms with Gasteiger partial charge in [0.1, 0.15) is 6.10 Å². The molecule has 0 saturated heterocycles. The Morgan fingerprint density at radius 2 is 1.82 bits per heavy atom. The van der Waals surface area contributed by atoms with Crippen molar-refractivity contribution in [3.63, 3.8) is 0 Å². The maximum atomic E-state index is 10.2. The van der Waals surface area contributed by atoms with E-state index < -0.39 is 6.10 Å². The quantitative estimate of drug-likeness (QED) is 0.880. The van der Waals surface area contributed by atoms with Crippen LogP contribution in [-0.4, -0.2) is 10.1 Å². The van der Waals surface area contributed by atoms with Gasteiger partial charge in [-0.3, -0.25) is 4.98 Å². The molecule has 3 N–H and O–H groups in total. The molecule has 1 unspecified atom stereocenters. The zero-order chi connectivity index (χ0) is 12.4. The number of anilines is 1. The van der Waals surface area contributed by atoms with Crippen LogP contribution in [0.5, 0.6) is 0 Å². The fraction of sp³-hybridized carbons (Fsp3) is 0.0833. The summed E-state index contributed by atoms with van der Waals surface area (Å²) in [6.45, 7) is 0. The number of aliphatic hydroxyl groups is 1. The van der Waals surface area contributed by atoms with Crippen LogP contribution in [0.1, 0.15) is 17.2 Å². The topological polar surface area (TPSA) is 59.1 Å². The van der Waals surface area contributed by atoms with Crippen LogP contribution >= 0.6 is 23.2 Å². The largest absolute Gasteiger partial charge is 0.398 e. The number of rotatable bonds is 2. The Bertz CT molecular complexity index is 526. The van der Waals surface area contributed by atoms with Gasteiger partial charge in [0.25, 0.3) is 0 Å². The fourth-order valence-corrected chi connectivity index (χ4v) is 2.18. The minimum Gasteiger partial charge on any atom is -0.398 e. The second kappa shape index (κ2) is 4.92. The first-order valence-corrected chi connectivity index (χ1v) is 5.68. The van der Waals surface area contributed by atoms with Crippen molar-refractivity contribution in [1.82, 2.24) is 4.98 Å². The minimum absolute atomic E-state index is 0.397. The highest BCUT2D eigenvalue weighted by Crippen LogP contribution is 2.35. The number of aliphatic hydroxyl groups excluding tert-OH is 1. The normalized spacial score (nSPS) is 12.4. The number of hydrogen-bond donors (Lipinski definition) is 2. The van der Waals surface area contributed by atoms with Gasteiger partial charge in [-0.2, -0.15) is 0 Å². The molecular formula is C12H10Cl2N2O. The molecule has 0 aliphatic rings. The molecule has 0 aliphatic heterocycles. The average molecular weight is 269 g/mol. The number of nitrogens with two attached hydrogens (primary N) is 1. The summed E-state index contributed by atoms with van der Waals surface area (Å²) < 4.78 is 0. The highest BCUT2D eigenvalue weighted by molar-refractivity contribution is 6.36. The Labute approximate surface area is 109 Å². The molecule has 1 atom stereocenters. The van der Waals surface area contributed by atoms with Gasteiger partial charge in [-0.15, -0.1) is 0 Å². The molecule has 1 aromatic heterocycles. The average Bonchev–Trinajstić information content (AvgIpc) is 2.29. The first-order chi connectivity index (χ1) is 8.11. The zero-order valence-electron chi connectivity index (χ0n) is 8.77. The standard InChI is InChI=1S/C12H10Cl2N2O/c13-8-2-1-3-9(14)11(8)12(17)7-6-16-5-4-10(7)15/h1-6,12,17H,(H2,15,16). The number of hydrogen-bond acceptors (Lipinski definition) is 3. The maximum absolute atomic E-state index is 10.2. The fourth-order valence-electron chi connectivity index (χ4n) is 1.57. The zero-order valence-corrected chi connectivity index (χ0v) is 10.3. The molecule has 3 nitrogen and oxygen atoms in total. The van der Waals surface area contributed by atoms with E-state index in [-0.39, 0.29) is 0 Å². The molecule has 5 heteroatoms. The predicted molar refractivity (Wildman–Crippen MR) is 69.2 cm³/mol. The van der Waals surface area contributed by atoms with Gasteiger partial charge in [0.15, 0.2) is 0 Å². The van der Waals surface area contributed by atoms with Gasteiger partial charge in [-0.1, -0.05) is 29.3 Å². The van der Waals surface area contributed by atoms with Crippen LogP contribution in [0.3, 0.4) is 0 Å². The molecule has 17 heavy (non-hydrogen) atoms. The molecule has 0 bridgehead atoms. The number of nitrogens with zero attached hydrogens (tertiary/aromatic N) is 1. The molecule has 0 spiro atoms. The Balaban J connectivity index is 2.51. The smallest absolute Gasteiger partial charge is 0.110 e. The van der Waals surface area contributed by atoms with E-state index in [4.69, 9.17) is 28.9 Å². The van der Waals surface area contributed by atoms with Gasteiger partial charge in [0, 0.05) is 39.3 Å². The molecule has 2 rings (SSSR count). The summed E-state index contributed by atoms with van der Waals surface area (Å²) in [6.07, 6.45) is 2.07. The molecule has 1 aromatic carbocycles. The number of pyridine rings is 1. The number of halogens is 2. The summed E-state index contributed by atoms with van der Waals surface area (Å²) in [7, 11) is 0. The van der Waals surface area contributed by atoms with Crippen LogP contribution < -0.4 is 5.73 Å². The van der Waals surface area contributed by atoms with Crippen molar-refractivity contribution in [3.8, 4) is 0 Å². The van der Waals surface area contributed by atoms with Crippen molar-refractivity contribution in [1.29, 1.82) is 0 Å². The van der Waals surface area contributed by atoms with E-state index >= 15 is 0 Å². The molecule has 0 amide bonds. The maximum Gasteiger partial charge on any atom is 0.110 e. The molecule has 0 fully saturated rings. The van der Waals surface area contributed by atoms with Crippen molar-refractivity contribution in [3.05, 3.63) is 57.8 Å². The van der Waals surface area contributed by atoms with Crippen molar-refractivity contribution in [2.75, 3.05) is 5.73 Å². The van der Waals surface area contributed by atoms with Crippen molar-refractivity contribution in [2.24, 2.45) is 0 Å². The summed E-state index contributed by atoms with van der Waals surface area (Å²) in [5.74, 6) is 0. The van der Waals surface area contributed by atoms with Crippen molar-refractivity contribution in [2.45, 2.75) is 6.10 Å². The lowest BCUT2D eigenvalue weighted by Crippen LogP contribution is -2.05. The van der Waals surface area contributed by atoms with E-state index in [9.17, 15) is 5.11 Å². The summed E-state index contributed by atoms with van der Waals surface area (Å²) in [5.41, 5.74) is 7.15. The van der Waals surface area contributed by atoms with E-state index in [1.54, 1.807) is 30.5 Å². The Hall–Kier alpha value is -1.29. The highest BCUT2D eigenvalue weighted by atomic mass is 35.5. The molecule has 0 aliphatic carbocycles. The van der Waals surface area contributed by atoms with Gasteiger partial charge in [0.05, 0.1) is 0 Å². The van der Waals surface area contributed by atoms with Crippen LogP contribution in [-0.2, 0) is 0 Å². The summed E-state index contributed by atoms with van der Waals surface area (Å²) in [5, 5.41) is 11.0. The summed E-state index contributed by atoms with van der Waals surface area (Å²) in [4.78, 5) is 3.93. The molecular weight excluding hydrogens is 259 g/mol. The lowest BCUT2D eigenvalue weighted by molar-refractivity contribution is 0.221. The molecule has 1 heterocycles. The Kier molecular flexibility index (Phi) is 3.52. The van der Waals surface area contributed by atoms with Gasteiger partial charge < -0.3 is 10.8 Å². The van der Waals surface area contributed by atoms with E-state index in [1.165, 1.54) is 6.20 Å².